The van der Waals surface area contributed by atoms with E-state index in [1.807, 2.05) is 49.1 Å². The van der Waals surface area contributed by atoms with E-state index in [2.05, 4.69) is 98.4 Å². The third kappa shape index (κ3) is 2.83. The molecule has 4 aromatic carbocycles. The molecule has 0 bridgehead atoms. The normalized spacial score (nSPS) is 12.8. The van der Waals surface area contributed by atoms with Crippen LogP contribution in [-0.2, 0) is 0 Å². The minimum Gasteiger partial charge on any atom is -0.316 e. The molecule has 4 aromatic heterocycles. The highest BCUT2D eigenvalue weighted by atomic mass is 15.1. The maximum absolute atomic E-state index is 4.78. The third-order valence-electron chi connectivity index (χ3n) is 8.09. The summed E-state index contributed by atoms with van der Waals surface area (Å²) in [6.07, 6.45) is 11.8. The Bertz CT molecular complexity index is 2330. The van der Waals surface area contributed by atoms with Crippen molar-refractivity contribution in [1.82, 2.24) is 19.5 Å². The Kier molecular flexibility index (Phi) is 4.27. The molecule has 0 saturated carbocycles. The molecule has 1 aliphatic rings. The largest absolute Gasteiger partial charge is 0.316 e. The summed E-state index contributed by atoms with van der Waals surface area (Å²) in [5.74, 6) is 0. The van der Waals surface area contributed by atoms with Gasteiger partial charge in [0.15, 0.2) is 0 Å². The molecule has 5 nitrogen and oxygen atoms in total. The highest BCUT2D eigenvalue weighted by molar-refractivity contribution is 6.22. The maximum atomic E-state index is 4.78. The summed E-state index contributed by atoms with van der Waals surface area (Å²) in [4.78, 5) is 15.9. The molecule has 9 rings (SSSR count). The first-order chi connectivity index (χ1) is 19.9. The van der Waals surface area contributed by atoms with Crippen LogP contribution in [0.1, 0.15) is 5.56 Å². The number of hydrogen-bond donors (Lipinski definition) is 0. The van der Waals surface area contributed by atoms with Crippen molar-refractivity contribution in [3.63, 3.8) is 0 Å². The molecule has 186 valence electrons. The summed E-state index contributed by atoms with van der Waals surface area (Å²) in [7, 11) is 0. The van der Waals surface area contributed by atoms with E-state index in [9.17, 15) is 0 Å². The van der Waals surface area contributed by atoms with Crippen LogP contribution in [0.3, 0.4) is 0 Å². The van der Waals surface area contributed by atoms with Crippen LogP contribution in [-0.4, -0.2) is 19.5 Å². The number of nitrogens with zero attached hydrogens (tertiary/aromatic N) is 5. The second-order valence-electron chi connectivity index (χ2n) is 10.2. The van der Waals surface area contributed by atoms with Crippen LogP contribution < -0.4 is 4.90 Å². The molecule has 0 amide bonds. The molecule has 1 aliphatic heterocycles. The van der Waals surface area contributed by atoms with Crippen molar-refractivity contribution in [3.05, 3.63) is 128 Å². The van der Waals surface area contributed by atoms with Crippen molar-refractivity contribution in [2.75, 3.05) is 4.90 Å². The molecule has 8 aromatic rings. The topological polar surface area (TPSA) is 46.8 Å². The Morgan fingerprint density at radius 2 is 1.35 bits per heavy atom. The number of rotatable bonds is 2. The van der Waals surface area contributed by atoms with E-state index in [1.165, 1.54) is 43.8 Å². The Labute approximate surface area is 229 Å². The molecule has 0 fully saturated rings. The molecule has 40 heavy (non-hydrogen) atoms. The van der Waals surface area contributed by atoms with Crippen LogP contribution >= 0.6 is 0 Å². The first-order valence-corrected chi connectivity index (χ1v) is 13.4. The van der Waals surface area contributed by atoms with Gasteiger partial charge in [0.2, 0.25) is 0 Å². The van der Waals surface area contributed by atoms with Gasteiger partial charge in [-0.25, -0.2) is 0 Å². The Morgan fingerprint density at radius 1 is 0.550 bits per heavy atom. The smallest absolute Gasteiger partial charge is 0.0985 e. The van der Waals surface area contributed by atoms with Crippen LogP contribution in [0.5, 0.6) is 0 Å². The molecule has 0 aliphatic carbocycles. The van der Waals surface area contributed by atoms with E-state index in [-0.39, 0.29) is 0 Å². The van der Waals surface area contributed by atoms with Crippen molar-refractivity contribution in [1.29, 1.82) is 0 Å². The number of hydrogen-bond acceptors (Lipinski definition) is 4. The van der Waals surface area contributed by atoms with Crippen LogP contribution in [0.15, 0.2) is 122 Å². The zero-order valence-corrected chi connectivity index (χ0v) is 21.4. The molecular formula is C35H21N5. The highest BCUT2D eigenvalue weighted by Gasteiger charge is 2.23. The second kappa shape index (κ2) is 7.98. The van der Waals surface area contributed by atoms with Crippen LogP contribution in [0.4, 0.5) is 11.4 Å². The summed E-state index contributed by atoms with van der Waals surface area (Å²) < 4.78 is 2.41. The van der Waals surface area contributed by atoms with Gasteiger partial charge in [-0.3, -0.25) is 15.0 Å². The van der Waals surface area contributed by atoms with Crippen LogP contribution in [0.2, 0.25) is 0 Å². The molecule has 0 radical (unpaired) electrons. The van der Waals surface area contributed by atoms with Crippen LogP contribution in [0.25, 0.3) is 66.1 Å². The average Bonchev–Trinajstić information content (AvgIpc) is 3.35. The van der Waals surface area contributed by atoms with Gasteiger partial charge in [-0.2, -0.15) is 0 Å². The van der Waals surface area contributed by atoms with Gasteiger partial charge < -0.3 is 9.47 Å². The van der Waals surface area contributed by atoms with Gasteiger partial charge in [0, 0.05) is 63.6 Å². The van der Waals surface area contributed by atoms with Gasteiger partial charge in [-0.05, 0) is 71.6 Å². The summed E-state index contributed by atoms with van der Waals surface area (Å²) >= 11 is 0. The monoisotopic (exact) mass is 511 g/mol. The molecular weight excluding hydrogens is 490 g/mol. The molecule has 0 atom stereocenters. The number of fused-ring (bicyclic) bond motifs is 7. The fraction of sp³-hybridized carbons (Fsp3) is 0. The van der Waals surface area contributed by atoms with Crippen molar-refractivity contribution < 1.29 is 0 Å². The lowest BCUT2D eigenvalue weighted by Crippen LogP contribution is -2.12. The molecule has 0 saturated heterocycles. The van der Waals surface area contributed by atoms with Crippen molar-refractivity contribution in [2.45, 2.75) is 0 Å². The van der Waals surface area contributed by atoms with E-state index in [0.717, 1.165) is 33.2 Å². The molecule has 0 N–H and O–H groups in total. The minimum atomic E-state index is 0.916. The third-order valence-corrected chi connectivity index (χ3v) is 8.09. The minimum absolute atomic E-state index is 0.916. The standard InChI is InChI=1S/C35H21N5/c1-2-10-28-25(8-1)33-27-14-19-39(24-12-17-36-18-13-24)29-11-3-6-22(32(27)29)20-31(33)40(28)30-21-23-7-4-15-37-34(23)35-26(30)9-5-16-38-35/h1-21H. The lowest BCUT2D eigenvalue weighted by molar-refractivity contribution is 1.20. The summed E-state index contributed by atoms with van der Waals surface area (Å²) in [6.45, 7) is 0. The predicted octanol–water partition coefficient (Wildman–Crippen LogP) is 8.55. The van der Waals surface area contributed by atoms with Gasteiger partial charge in [-0.1, -0.05) is 36.4 Å². The average molecular weight is 512 g/mol. The fourth-order valence-corrected chi connectivity index (χ4v) is 6.45. The molecule has 0 unspecified atom stereocenters. The van der Waals surface area contributed by atoms with Crippen molar-refractivity contribution in [3.8, 4) is 5.69 Å². The summed E-state index contributed by atoms with van der Waals surface area (Å²) in [5.41, 5.74) is 8.80. The van der Waals surface area contributed by atoms with Crippen molar-refractivity contribution >= 4 is 71.8 Å². The molecule has 5 heterocycles. The van der Waals surface area contributed by atoms with E-state index >= 15 is 0 Å². The maximum Gasteiger partial charge on any atom is 0.0985 e. The SMILES string of the molecule is C1=CN(c2ccncc2)c2cccc3cc4c(c1c23)c1ccccc1n4-c1cc2cccnc2c2ncccc12. The van der Waals surface area contributed by atoms with E-state index < -0.39 is 0 Å². The van der Waals surface area contributed by atoms with E-state index in [0.29, 0.717) is 0 Å². The summed E-state index contributed by atoms with van der Waals surface area (Å²) in [6, 6.07) is 32.3. The van der Waals surface area contributed by atoms with Gasteiger partial charge in [0.25, 0.3) is 0 Å². The quantitative estimate of drug-likeness (QED) is 0.218. The first kappa shape index (κ1) is 21.4. The number of pyridine rings is 3. The Hall–Kier alpha value is -5.55. The summed E-state index contributed by atoms with van der Waals surface area (Å²) in [5, 5.41) is 7.10. The lowest BCUT2D eigenvalue weighted by Gasteiger charge is -2.27. The number of benzene rings is 4. The van der Waals surface area contributed by atoms with E-state index in [4.69, 9.17) is 4.98 Å². The predicted molar refractivity (Wildman–Crippen MR) is 164 cm³/mol. The van der Waals surface area contributed by atoms with Crippen molar-refractivity contribution in [2.24, 2.45) is 0 Å². The molecule has 0 spiro atoms. The number of anilines is 2. The molecule has 5 heteroatoms. The second-order valence-corrected chi connectivity index (χ2v) is 10.2. The Balaban J connectivity index is 1.44. The fourth-order valence-electron chi connectivity index (χ4n) is 6.45. The van der Waals surface area contributed by atoms with Gasteiger partial charge in [0.05, 0.1) is 33.4 Å². The zero-order valence-electron chi connectivity index (χ0n) is 21.4. The van der Waals surface area contributed by atoms with Gasteiger partial charge in [-0.15, -0.1) is 0 Å². The van der Waals surface area contributed by atoms with Gasteiger partial charge in [0.1, 0.15) is 0 Å². The zero-order chi connectivity index (χ0) is 26.2. The first-order valence-electron chi connectivity index (χ1n) is 13.4. The lowest BCUT2D eigenvalue weighted by atomic mass is 9.94. The number of aromatic nitrogens is 4. The van der Waals surface area contributed by atoms with Crippen LogP contribution in [0, 0.1) is 0 Å². The van der Waals surface area contributed by atoms with Gasteiger partial charge >= 0.3 is 0 Å². The Morgan fingerprint density at radius 3 is 2.27 bits per heavy atom. The van der Waals surface area contributed by atoms with E-state index in [1.54, 1.807) is 0 Å². The highest BCUT2D eigenvalue weighted by Crippen LogP contribution is 2.46. The number of para-hydroxylation sites is 1.